The molecule has 0 bridgehead atoms. The van der Waals surface area contributed by atoms with Crippen LogP contribution >= 0.6 is 11.8 Å². The SMILES string of the molecule is CC(C)OCC(O)CSC(Cc1ccccc1)C(=O)O. The minimum absolute atomic E-state index is 0.0641. The molecular weight excluding hydrogens is 276 g/mol. The second-order valence-corrected chi connectivity index (χ2v) is 6.12. The third kappa shape index (κ3) is 6.93. The first-order valence-electron chi connectivity index (χ1n) is 6.67. The zero-order chi connectivity index (χ0) is 15.0. The van der Waals surface area contributed by atoms with Gasteiger partial charge in [0.1, 0.15) is 5.25 Å². The fraction of sp³-hybridized carbons (Fsp3) is 0.533. The van der Waals surface area contributed by atoms with Gasteiger partial charge < -0.3 is 14.9 Å². The number of rotatable bonds is 9. The van der Waals surface area contributed by atoms with Gasteiger partial charge in [0.05, 0.1) is 18.8 Å². The van der Waals surface area contributed by atoms with E-state index in [1.54, 1.807) is 0 Å². The maximum Gasteiger partial charge on any atom is 0.316 e. The average molecular weight is 298 g/mol. The third-order valence-electron chi connectivity index (χ3n) is 2.65. The van der Waals surface area contributed by atoms with E-state index in [0.29, 0.717) is 12.2 Å². The molecule has 0 fully saturated rings. The number of hydrogen-bond acceptors (Lipinski definition) is 4. The first kappa shape index (κ1) is 17.0. The van der Waals surface area contributed by atoms with Crippen LogP contribution in [0.25, 0.3) is 0 Å². The van der Waals surface area contributed by atoms with E-state index in [-0.39, 0.29) is 12.7 Å². The van der Waals surface area contributed by atoms with Gasteiger partial charge in [-0.1, -0.05) is 30.3 Å². The fourth-order valence-corrected chi connectivity index (χ4v) is 2.63. The smallest absolute Gasteiger partial charge is 0.316 e. The van der Waals surface area contributed by atoms with Gasteiger partial charge in [-0.15, -0.1) is 11.8 Å². The average Bonchev–Trinajstić information content (AvgIpc) is 2.42. The normalized spacial score (nSPS) is 14.2. The monoisotopic (exact) mass is 298 g/mol. The first-order chi connectivity index (χ1) is 9.49. The maximum atomic E-state index is 11.2. The molecule has 5 heteroatoms. The molecule has 4 nitrogen and oxygen atoms in total. The van der Waals surface area contributed by atoms with Gasteiger partial charge in [0.15, 0.2) is 0 Å². The summed E-state index contributed by atoms with van der Waals surface area (Å²) >= 11 is 1.25. The van der Waals surface area contributed by atoms with Crippen LogP contribution in [-0.2, 0) is 16.0 Å². The summed E-state index contributed by atoms with van der Waals surface area (Å²) in [4.78, 5) is 11.2. The van der Waals surface area contributed by atoms with E-state index in [1.165, 1.54) is 11.8 Å². The molecule has 0 amide bonds. The number of carbonyl (C=O) groups is 1. The number of carboxylic acids is 1. The van der Waals surface area contributed by atoms with Crippen LogP contribution in [0, 0.1) is 0 Å². The molecule has 0 spiro atoms. The van der Waals surface area contributed by atoms with Crippen LogP contribution in [0.2, 0.25) is 0 Å². The first-order valence-corrected chi connectivity index (χ1v) is 7.72. The van der Waals surface area contributed by atoms with Crippen LogP contribution in [0.4, 0.5) is 0 Å². The molecule has 2 unspecified atom stereocenters. The number of carboxylic acid groups (broad SMARTS) is 1. The summed E-state index contributed by atoms with van der Waals surface area (Å²) in [7, 11) is 0. The van der Waals surface area contributed by atoms with Gasteiger partial charge >= 0.3 is 5.97 Å². The van der Waals surface area contributed by atoms with Crippen molar-refractivity contribution in [3.05, 3.63) is 35.9 Å². The molecule has 0 saturated heterocycles. The van der Waals surface area contributed by atoms with E-state index in [9.17, 15) is 15.0 Å². The van der Waals surface area contributed by atoms with Crippen molar-refractivity contribution in [3.63, 3.8) is 0 Å². The highest BCUT2D eigenvalue weighted by molar-refractivity contribution is 8.00. The topological polar surface area (TPSA) is 66.8 Å². The van der Waals surface area contributed by atoms with Crippen LogP contribution < -0.4 is 0 Å². The highest BCUT2D eigenvalue weighted by atomic mass is 32.2. The quantitative estimate of drug-likeness (QED) is 0.731. The Balaban J connectivity index is 2.42. The van der Waals surface area contributed by atoms with E-state index < -0.39 is 17.3 Å². The lowest BCUT2D eigenvalue weighted by atomic mass is 10.1. The van der Waals surface area contributed by atoms with Gasteiger partial charge in [0.25, 0.3) is 0 Å². The molecule has 2 N–H and O–H groups in total. The molecule has 0 heterocycles. The molecule has 0 aromatic heterocycles. The molecule has 20 heavy (non-hydrogen) atoms. The summed E-state index contributed by atoms with van der Waals surface area (Å²) in [6.07, 6.45) is -0.118. The number of aliphatic hydroxyl groups excluding tert-OH is 1. The zero-order valence-electron chi connectivity index (χ0n) is 11.9. The number of ether oxygens (including phenoxy) is 1. The Bertz CT molecular complexity index is 394. The molecule has 0 saturated carbocycles. The van der Waals surface area contributed by atoms with Crippen LogP contribution in [0.15, 0.2) is 30.3 Å². The Kier molecular flexibility index (Phi) is 7.65. The summed E-state index contributed by atoms with van der Waals surface area (Å²) in [5.74, 6) is -0.493. The van der Waals surface area contributed by atoms with Gasteiger partial charge in [0.2, 0.25) is 0 Å². The number of thioether (sulfide) groups is 1. The number of aliphatic carboxylic acids is 1. The predicted molar refractivity (Wildman–Crippen MR) is 81.1 cm³/mol. The zero-order valence-corrected chi connectivity index (χ0v) is 12.7. The Hall–Kier alpha value is -1.04. The second-order valence-electron chi connectivity index (χ2n) is 4.89. The third-order valence-corrected chi connectivity index (χ3v) is 4.00. The fourth-order valence-electron chi connectivity index (χ4n) is 1.62. The maximum absolute atomic E-state index is 11.2. The number of hydrogen-bond donors (Lipinski definition) is 2. The summed E-state index contributed by atoms with van der Waals surface area (Å²) in [6.45, 7) is 4.03. The lowest BCUT2D eigenvalue weighted by Crippen LogP contribution is -2.25. The van der Waals surface area contributed by atoms with Crippen molar-refractivity contribution in [1.29, 1.82) is 0 Å². The minimum Gasteiger partial charge on any atom is -0.480 e. The van der Waals surface area contributed by atoms with E-state index in [0.717, 1.165) is 5.56 Å². The highest BCUT2D eigenvalue weighted by Gasteiger charge is 2.20. The Morgan fingerprint density at radius 1 is 1.30 bits per heavy atom. The van der Waals surface area contributed by atoms with Crippen molar-refractivity contribution >= 4 is 17.7 Å². The van der Waals surface area contributed by atoms with Crippen molar-refractivity contribution in [3.8, 4) is 0 Å². The molecule has 2 atom stereocenters. The lowest BCUT2D eigenvalue weighted by molar-refractivity contribution is -0.136. The van der Waals surface area contributed by atoms with Crippen LogP contribution in [0.3, 0.4) is 0 Å². The largest absolute Gasteiger partial charge is 0.480 e. The number of benzene rings is 1. The molecule has 112 valence electrons. The van der Waals surface area contributed by atoms with Gasteiger partial charge in [-0.05, 0) is 25.8 Å². The van der Waals surface area contributed by atoms with Crippen molar-refractivity contribution in [1.82, 2.24) is 0 Å². The van der Waals surface area contributed by atoms with Crippen LogP contribution in [0.5, 0.6) is 0 Å². The highest BCUT2D eigenvalue weighted by Crippen LogP contribution is 2.18. The number of aliphatic hydroxyl groups is 1. The lowest BCUT2D eigenvalue weighted by Gasteiger charge is -2.16. The molecular formula is C15H22O4S. The van der Waals surface area contributed by atoms with Crippen LogP contribution in [0.1, 0.15) is 19.4 Å². The second kappa shape index (κ2) is 9.00. The standard InChI is InChI=1S/C15H22O4S/c1-11(2)19-9-13(16)10-20-14(15(17)18)8-12-6-4-3-5-7-12/h3-7,11,13-14,16H,8-10H2,1-2H3,(H,17,18). The van der Waals surface area contributed by atoms with Gasteiger partial charge in [0, 0.05) is 5.75 Å². The van der Waals surface area contributed by atoms with E-state index in [2.05, 4.69) is 0 Å². The van der Waals surface area contributed by atoms with Crippen molar-refractivity contribution in [2.45, 2.75) is 37.7 Å². The molecule has 0 aliphatic carbocycles. The van der Waals surface area contributed by atoms with Crippen molar-refractivity contribution in [2.75, 3.05) is 12.4 Å². The Labute approximate surface area is 124 Å². The van der Waals surface area contributed by atoms with E-state index in [1.807, 2.05) is 44.2 Å². The Morgan fingerprint density at radius 3 is 2.50 bits per heavy atom. The summed E-state index contributed by atoms with van der Waals surface area (Å²) in [6, 6.07) is 9.51. The summed E-state index contributed by atoms with van der Waals surface area (Å²) in [5, 5.41) is 18.4. The predicted octanol–water partition coefficient (Wildman–Crippen LogP) is 2.20. The Morgan fingerprint density at radius 2 is 1.95 bits per heavy atom. The van der Waals surface area contributed by atoms with Crippen LogP contribution in [-0.4, -0.2) is 46.0 Å². The molecule has 0 aliphatic rings. The van der Waals surface area contributed by atoms with Gasteiger partial charge in [-0.2, -0.15) is 0 Å². The molecule has 1 aromatic rings. The molecule has 1 rings (SSSR count). The molecule has 0 aliphatic heterocycles. The molecule has 0 radical (unpaired) electrons. The molecule has 1 aromatic carbocycles. The van der Waals surface area contributed by atoms with E-state index >= 15 is 0 Å². The summed E-state index contributed by atoms with van der Waals surface area (Å²) < 4.78 is 5.30. The van der Waals surface area contributed by atoms with Crippen molar-refractivity contribution in [2.24, 2.45) is 0 Å². The van der Waals surface area contributed by atoms with Gasteiger partial charge in [-0.3, -0.25) is 4.79 Å². The summed E-state index contributed by atoms with van der Waals surface area (Å²) in [5.41, 5.74) is 0.986. The van der Waals surface area contributed by atoms with Gasteiger partial charge in [-0.25, -0.2) is 0 Å². The van der Waals surface area contributed by atoms with Crippen molar-refractivity contribution < 1.29 is 19.7 Å². The van der Waals surface area contributed by atoms with E-state index in [4.69, 9.17) is 4.74 Å². The minimum atomic E-state index is -0.851.